The number of guanidine groups is 1. The van der Waals surface area contributed by atoms with Crippen molar-refractivity contribution in [1.29, 1.82) is 0 Å². The lowest BCUT2D eigenvalue weighted by Crippen LogP contribution is -2.40. The molecule has 6 nitrogen and oxygen atoms in total. The number of aliphatic imine (C=N–C) groups is 1. The van der Waals surface area contributed by atoms with Gasteiger partial charge in [0, 0.05) is 31.6 Å². The summed E-state index contributed by atoms with van der Waals surface area (Å²) in [5, 5.41) is 20.2. The smallest absolute Gasteiger partial charge is 0.190 e. The molecule has 7 heteroatoms. The molecular weight excluding hydrogens is 443 g/mol. The third-order valence-corrected chi connectivity index (χ3v) is 4.31. The first-order valence-electron chi connectivity index (χ1n) is 8.67. The van der Waals surface area contributed by atoms with Crippen LogP contribution in [0.2, 0.25) is 0 Å². The van der Waals surface area contributed by atoms with Gasteiger partial charge in [0.15, 0.2) is 5.96 Å². The van der Waals surface area contributed by atoms with E-state index in [0.29, 0.717) is 6.54 Å². The van der Waals surface area contributed by atoms with Crippen LogP contribution in [0.15, 0.2) is 39.8 Å². The maximum atomic E-state index is 9.62. The lowest BCUT2D eigenvalue weighted by Gasteiger charge is -2.18. The van der Waals surface area contributed by atoms with Crippen molar-refractivity contribution in [3.63, 3.8) is 0 Å². The molecule has 0 bridgehead atoms. The summed E-state index contributed by atoms with van der Waals surface area (Å²) in [7, 11) is 1.75. The van der Waals surface area contributed by atoms with Crippen molar-refractivity contribution in [3.05, 3.63) is 52.9 Å². The van der Waals surface area contributed by atoms with E-state index in [2.05, 4.69) is 20.8 Å². The predicted octanol–water partition coefficient (Wildman–Crippen LogP) is 2.78. The number of aliphatic hydroxyl groups is 1. The second-order valence-corrected chi connectivity index (χ2v) is 6.08. The van der Waals surface area contributed by atoms with E-state index >= 15 is 0 Å². The standard InChI is InChI=1S/C19H28N4O2.HI/c1-14-18(15(2)25-23-14)10-7-11-21-19(20-3)22-12-17(13-24)16-8-5-4-6-9-16;/h4-6,8-9,17,24H,7,10-13H2,1-3H3,(H2,20,21,22);1H. The monoisotopic (exact) mass is 472 g/mol. The molecule has 2 aromatic rings. The number of aliphatic hydroxyl groups excluding tert-OH is 1. The quantitative estimate of drug-likeness (QED) is 0.238. The highest BCUT2D eigenvalue weighted by molar-refractivity contribution is 14.0. The zero-order valence-electron chi connectivity index (χ0n) is 15.7. The van der Waals surface area contributed by atoms with Crippen LogP contribution in [0.25, 0.3) is 0 Å². The van der Waals surface area contributed by atoms with E-state index in [1.54, 1.807) is 7.05 Å². The molecule has 26 heavy (non-hydrogen) atoms. The minimum atomic E-state index is 0. The number of nitrogens with one attached hydrogen (secondary N) is 2. The molecule has 144 valence electrons. The van der Waals surface area contributed by atoms with E-state index in [1.165, 1.54) is 5.56 Å². The highest BCUT2D eigenvalue weighted by Crippen LogP contribution is 2.14. The summed E-state index contributed by atoms with van der Waals surface area (Å²) in [5.74, 6) is 1.68. The zero-order valence-corrected chi connectivity index (χ0v) is 18.0. The maximum Gasteiger partial charge on any atom is 0.190 e. The van der Waals surface area contributed by atoms with Crippen molar-refractivity contribution >= 4 is 29.9 Å². The van der Waals surface area contributed by atoms with Gasteiger partial charge in [-0.2, -0.15) is 0 Å². The van der Waals surface area contributed by atoms with Gasteiger partial charge in [-0.25, -0.2) is 0 Å². The normalized spacial score (nSPS) is 12.4. The van der Waals surface area contributed by atoms with E-state index in [0.717, 1.165) is 42.4 Å². The summed E-state index contributed by atoms with van der Waals surface area (Å²) in [6.07, 6.45) is 1.89. The second-order valence-electron chi connectivity index (χ2n) is 6.08. The first kappa shape index (κ1) is 22.4. The minimum Gasteiger partial charge on any atom is -0.396 e. The van der Waals surface area contributed by atoms with Gasteiger partial charge in [-0.05, 0) is 32.3 Å². The molecule has 0 spiro atoms. The average Bonchev–Trinajstić information content (AvgIpc) is 2.96. The maximum absolute atomic E-state index is 9.62. The Morgan fingerprint density at radius 2 is 1.96 bits per heavy atom. The topological polar surface area (TPSA) is 82.7 Å². The predicted molar refractivity (Wildman–Crippen MR) is 115 cm³/mol. The van der Waals surface area contributed by atoms with Crippen LogP contribution in [0.1, 0.15) is 34.9 Å². The van der Waals surface area contributed by atoms with Crippen LogP contribution >= 0.6 is 24.0 Å². The van der Waals surface area contributed by atoms with Crippen LogP contribution in [0.4, 0.5) is 0 Å². The van der Waals surface area contributed by atoms with Crippen LogP contribution in [-0.2, 0) is 6.42 Å². The third kappa shape index (κ3) is 6.60. The van der Waals surface area contributed by atoms with Gasteiger partial charge in [-0.1, -0.05) is 35.5 Å². The Morgan fingerprint density at radius 3 is 2.54 bits per heavy atom. The molecule has 0 saturated carbocycles. The van der Waals surface area contributed by atoms with Crippen LogP contribution < -0.4 is 10.6 Å². The lowest BCUT2D eigenvalue weighted by molar-refractivity contribution is 0.265. The number of hydrogen-bond donors (Lipinski definition) is 3. The molecule has 1 atom stereocenters. The molecule has 0 aliphatic carbocycles. The van der Waals surface area contributed by atoms with Crippen LogP contribution in [0, 0.1) is 13.8 Å². The number of hydrogen-bond acceptors (Lipinski definition) is 4. The van der Waals surface area contributed by atoms with Crippen LogP contribution in [0.5, 0.6) is 0 Å². The SMILES string of the molecule is CN=C(NCCCc1c(C)noc1C)NCC(CO)c1ccccc1.I. The van der Waals surface area contributed by atoms with Crippen LogP contribution in [0.3, 0.4) is 0 Å². The van der Waals surface area contributed by atoms with E-state index in [1.807, 2.05) is 44.2 Å². The van der Waals surface area contributed by atoms with Crippen molar-refractivity contribution in [3.8, 4) is 0 Å². The molecule has 0 aliphatic rings. The summed E-state index contributed by atoms with van der Waals surface area (Å²) in [5.41, 5.74) is 3.27. The van der Waals surface area contributed by atoms with Crippen molar-refractivity contribution in [1.82, 2.24) is 15.8 Å². The summed E-state index contributed by atoms with van der Waals surface area (Å²) >= 11 is 0. The van der Waals surface area contributed by atoms with Gasteiger partial charge >= 0.3 is 0 Å². The largest absolute Gasteiger partial charge is 0.396 e. The molecule has 2 rings (SSSR count). The second kappa shape index (κ2) is 11.9. The summed E-state index contributed by atoms with van der Waals surface area (Å²) < 4.78 is 5.18. The van der Waals surface area contributed by atoms with Gasteiger partial charge in [0.25, 0.3) is 0 Å². The molecule has 1 unspecified atom stereocenters. The fraction of sp³-hybridized carbons (Fsp3) is 0.474. The lowest BCUT2D eigenvalue weighted by atomic mass is 10.0. The highest BCUT2D eigenvalue weighted by atomic mass is 127. The molecule has 0 radical (unpaired) electrons. The van der Waals surface area contributed by atoms with Gasteiger partial charge in [0.2, 0.25) is 0 Å². The minimum absolute atomic E-state index is 0. The van der Waals surface area contributed by atoms with Crippen molar-refractivity contribution in [2.45, 2.75) is 32.6 Å². The zero-order chi connectivity index (χ0) is 18.1. The number of aromatic nitrogens is 1. The number of nitrogens with zero attached hydrogens (tertiary/aromatic N) is 2. The molecule has 3 N–H and O–H groups in total. The molecule has 1 aromatic heterocycles. The number of halogens is 1. The van der Waals surface area contributed by atoms with Gasteiger partial charge in [0.1, 0.15) is 5.76 Å². The number of benzene rings is 1. The van der Waals surface area contributed by atoms with E-state index in [-0.39, 0.29) is 36.5 Å². The third-order valence-electron chi connectivity index (χ3n) is 4.31. The van der Waals surface area contributed by atoms with Gasteiger partial charge in [0.05, 0.1) is 12.3 Å². The highest BCUT2D eigenvalue weighted by Gasteiger charge is 2.11. The molecule has 0 saturated heterocycles. The molecule has 1 heterocycles. The molecule has 0 aliphatic heterocycles. The number of aryl methyl sites for hydroxylation is 2. The summed E-state index contributed by atoms with van der Waals surface area (Å²) in [4.78, 5) is 4.24. The summed E-state index contributed by atoms with van der Waals surface area (Å²) in [6.45, 7) is 5.45. The Kier molecular flexibility index (Phi) is 10.3. The first-order chi connectivity index (χ1) is 12.2. The Morgan fingerprint density at radius 1 is 1.23 bits per heavy atom. The Labute approximate surface area is 172 Å². The van der Waals surface area contributed by atoms with Crippen molar-refractivity contribution in [2.24, 2.45) is 4.99 Å². The van der Waals surface area contributed by atoms with Crippen molar-refractivity contribution < 1.29 is 9.63 Å². The fourth-order valence-corrected chi connectivity index (χ4v) is 2.78. The molecule has 0 amide bonds. The van der Waals surface area contributed by atoms with E-state index in [9.17, 15) is 5.11 Å². The van der Waals surface area contributed by atoms with Crippen LogP contribution in [-0.4, -0.2) is 43.0 Å². The van der Waals surface area contributed by atoms with Gasteiger partial charge < -0.3 is 20.3 Å². The molecule has 1 aromatic carbocycles. The summed E-state index contributed by atoms with van der Waals surface area (Å²) in [6, 6.07) is 10.0. The van der Waals surface area contributed by atoms with Gasteiger partial charge in [-0.15, -0.1) is 24.0 Å². The Hall–Kier alpha value is -1.61. The fourth-order valence-electron chi connectivity index (χ4n) is 2.78. The van der Waals surface area contributed by atoms with E-state index < -0.39 is 0 Å². The van der Waals surface area contributed by atoms with Gasteiger partial charge in [-0.3, -0.25) is 4.99 Å². The van der Waals surface area contributed by atoms with E-state index in [4.69, 9.17) is 4.52 Å². The average molecular weight is 472 g/mol. The molecular formula is C19H29IN4O2. The van der Waals surface area contributed by atoms with Crippen molar-refractivity contribution in [2.75, 3.05) is 26.7 Å². The Bertz CT molecular complexity index is 654. The first-order valence-corrected chi connectivity index (χ1v) is 8.67. The Balaban J connectivity index is 0.00000338. The number of rotatable bonds is 8. The molecule has 0 fully saturated rings.